The topological polar surface area (TPSA) is 54.7 Å². The molecule has 2 rings (SSSR count). The average molecular weight is 186 g/mol. The minimum Gasteiger partial charge on any atom is -0.330 e. The molecule has 1 saturated carbocycles. The van der Waals surface area contributed by atoms with Crippen molar-refractivity contribution in [3.8, 4) is 0 Å². The van der Waals surface area contributed by atoms with E-state index in [1.54, 1.807) is 0 Å². The van der Waals surface area contributed by atoms with Crippen LogP contribution in [0.4, 0.5) is 0 Å². The summed E-state index contributed by atoms with van der Waals surface area (Å²) in [4.78, 5) is 0. The molecular weight excluding hydrogens is 174 g/mol. The van der Waals surface area contributed by atoms with Gasteiger partial charge in [-0.05, 0) is 25.8 Å². The zero-order chi connectivity index (χ0) is 8.55. The van der Waals surface area contributed by atoms with Gasteiger partial charge in [-0.3, -0.25) is 5.10 Å². The molecule has 0 saturated heterocycles. The third kappa shape index (κ3) is 1.34. The molecule has 1 aromatic rings. The molecule has 0 spiro atoms. The van der Waals surface area contributed by atoms with Crippen molar-refractivity contribution < 1.29 is 0 Å². The minimum atomic E-state index is 0.599. The first-order valence-electron chi connectivity index (χ1n) is 4.25. The van der Waals surface area contributed by atoms with E-state index < -0.39 is 0 Å². The molecule has 0 amide bonds. The number of aromatic amines is 1. The number of H-pyrrole nitrogens is 1. The Balaban J connectivity index is 2.26. The molecule has 1 fully saturated rings. The van der Waals surface area contributed by atoms with Gasteiger partial charge < -0.3 is 5.73 Å². The van der Waals surface area contributed by atoms with Crippen molar-refractivity contribution >= 4 is 11.6 Å². The van der Waals surface area contributed by atoms with E-state index in [1.165, 1.54) is 18.5 Å². The van der Waals surface area contributed by atoms with Gasteiger partial charge in [-0.15, -0.1) is 0 Å². The van der Waals surface area contributed by atoms with Crippen LogP contribution in [0.15, 0.2) is 0 Å². The minimum absolute atomic E-state index is 0.599. The van der Waals surface area contributed by atoms with Crippen LogP contribution in [0.3, 0.4) is 0 Å². The fourth-order valence-electron chi connectivity index (χ4n) is 1.45. The number of nitrogens with one attached hydrogen (secondary N) is 1. The standard InChI is InChI=1S/C8H12ClN3/c9-8-6(3-4-10)7(11-12-8)5-1-2-5/h5H,1-4,10H2,(H,11,12). The summed E-state index contributed by atoms with van der Waals surface area (Å²) in [5.41, 5.74) is 7.82. The average Bonchev–Trinajstić information content (AvgIpc) is 2.82. The molecule has 1 aliphatic carbocycles. The Morgan fingerprint density at radius 1 is 1.58 bits per heavy atom. The van der Waals surface area contributed by atoms with E-state index >= 15 is 0 Å². The lowest BCUT2D eigenvalue weighted by Gasteiger charge is -1.98. The lowest BCUT2D eigenvalue weighted by Crippen LogP contribution is -2.04. The van der Waals surface area contributed by atoms with Crippen molar-refractivity contribution in [2.24, 2.45) is 5.73 Å². The molecule has 0 bridgehead atoms. The summed E-state index contributed by atoms with van der Waals surface area (Å²) in [6.07, 6.45) is 3.35. The number of aromatic nitrogens is 2. The van der Waals surface area contributed by atoms with Gasteiger partial charge >= 0.3 is 0 Å². The van der Waals surface area contributed by atoms with Gasteiger partial charge in [0.1, 0.15) is 0 Å². The Morgan fingerprint density at radius 2 is 2.33 bits per heavy atom. The zero-order valence-electron chi connectivity index (χ0n) is 6.81. The van der Waals surface area contributed by atoms with Crippen LogP contribution in [0, 0.1) is 0 Å². The van der Waals surface area contributed by atoms with Crippen molar-refractivity contribution in [2.75, 3.05) is 6.54 Å². The van der Waals surface area contributed by atoms with E-state index in [0.29, 0.717) is 17.6 Å². The van der Waals surface area contributed by atoms with Gasteiger partial charge in [0.05, 0.1) is 0 Å². The third-order valence-electron chi connectivity index (χ3n) is 2.23. The zero-order valence-corrected chi connectivity index (χ0v) is 7.56. The second-order valence-electron chi connectivity index (χ2n) is 3.22. The predicted molar refractivity (Wildman–Crippen MR) is 48.3 cm³/mol. The maximum absolute atomic E-state index is 5.90. The summed E-state index contributed by atoms with van der Waals surface area (Å²) in [5, 5.41) is 7.56. The van der Waals surface area contributed by atoms with Crippen LogP contribution in [0.2, 0.25) is 5.15 Å². The van der Waals surface area contributed by atoms with Gasteiger partial charge in [0.15, 0.2) is 5.15 Å². The van der Waals surface area contributed by atoms with Crippen LogP contribution >= 0.6 is 11.6 Å². The molecule has 0 aromatic carbocycles. The van der Waals surface area contributed by atoms with Crippen LogP contribution in [0.5, 0.6) is 0 Å². The Kier molecular flexibility index (Phi) is 2.07. The van der Waals surface area contributed by atoms with E-state index in [-0.39, 0.29) is 0 Å². The van der Waals surface area contributed by atoms with Crippen molar-refractivity contribution in [1.82, 2.24) is 10.2 Å². The van der Waals surface area contributed by atoms with Crippen LogP contribution in [-0.2, 0) is 6.42 Å². The summed E-state index contributed by atoms with van der Waals surface area (Å²) >= 11 is 5.90. The fourth-order valence-corrected chi connectivity index (χ4v) is 1.69. The molecule has 12 heavy (non-hydrogen) atoms. The predicted octanol–water partition coefficient (Wildman–Crippen LogP) is 1.44. The summed E-state index contributed by atoms with van der Waals surface area (Å²) in [5.74, 6) is 0.673. The maximum atomic E-state index is 5.90. The molecule has 0 radical (unpaired) electrons. The highest BCUT2D eigenvalue weighted by Crippen LogP contribution is 2.41. The first kappa shape index (κ1) is 8.08. The molecule has 3 nitrogen and oxygen atoms in total. The number of hydrogen-bond donors (Lipinski definition) is 2. The van der Waals surface area contributed by atoms with Gasteiger partial charge in [0.25, 0.3) is 0 Å². The van der Waals surface area contributed by atoms with Gasteiger partial charge in [0, 0.05) is 17.2 Å². The highest BCUT2D eigenvalue weighted by Gasteiger charge is 2.28. The summed E-state index contributed by atoms with van der Waals surface area (Å²) in [6, 6.07) is 0. The number of nitrogens with two attached hydrogens (primary N) is 1. The Morgan fingerprint density at radius 3 is 2.92 bits per heavy atom. The van der Waals surface area contributed by atoms with Crippen LogP contribution in [0.25, 0.3) is 0 Å². The maximum Gasteiger partial charge on any atom is 0.154 e. The van der Waals surface area contributed by atoms with Crippen molar-refractivity contribution in [2.45, 2.75) is 25.2 Å². The number of halogens is 1. The molecule has 4 heteroatoms. The van der Waals surface area contributed by atoms with E-state index in [2.05, 4.69) is 10.2 Å². The van der Waals surface area contributed by atoms with Gasteiger partial charge in [0.2, 0.25) is 0 Å². The van der Waals surface area contributed by atoms with E-state index in [4.69, 9.17) is 17.3 Å². The first-order chi connectivity index (χ1) is 5.83. The monoisotopic (exact) mass is 185 g/mol. The summed E-state index contributed by atoms with van der Waals surface area (Å²) in [6.45, 7) is 0.638. The molecule has 3 N–H and O–H groups in total. The Bertz CT molecular complexity index is 278. The third-order valence-corrected chi connectivity index (χ3v) is 2.54. The second-order valence-corrected chi connectivity index (χ2v) is 3.58. The van der Waals surface area contributed by atoms with E-state index in [1.807, 2.05) is 0 Å². The van der Waals surface area contributed by atoms with Crippen LogP contribution in [-0.4, -0.2) is 16.7 Å². The molecule has 0 unspecified atom stereocenters. The Labute approximate surface area is 76.3 Å². The number of nitrogens with zero attached hydrogens (tertiary/aromatic N) is 1. The number of rotatable bonds is 3. The molecule has 0 aliphatic heterocycles. The SMILES string of the molecule is NCCc1c(Cl)n[nH]c1C1CC1. The summed E-state index contributed by atoms with van der Waals surface area (Å²) in [7, 11) is 0. The van der Waals surface area contributed by atoms with Crippen molar-refractivity contribution in [3.05, 3.63) is 16.4 Å². The largest absolute Gasteiger partial charge is 0.330 e. The molecule has 0 atom stereocenters. The molecule has 1 heterocycles. The molecule has 1 aromatic heterocycles. The van der Waals surface area contributed by atoms with Crippen LogP contribution in [0.1, 0.15) is 30.0 Å². The van der Waals surface area contributed by atoms with E-state index in [9.17, 15) is 0 Å². The number of hydrogen-bond acceptors (Lipinski definition) is 2. The van der Waals surface area contributed by atoms with Gasteiger partial charge in [-0.1, -0.05) is 11.6 Å². The fraction of sp³-hybridized carbons (Fsp3) is 0.625. The van der Waals surface area contributed by atoms with E-state index in [0.717, 1.165) is 12.0 Å². The van der Waals surface area contributed by atoms with Crippen molar-refractivity contribution in [1.29, 1.82) is 0 Å². The molecular formula is C8H12ClN3. The quantitative estimate of drug-likeness (QED) is 0.749. The van der Waals surface area contributed by atoms with Crippen molar-refractivity contribution in [3.63, 3.8) is 0 Å². The first-order valence-corrected chi connectivity index (χ1v) is 4.63. The lowest BCUT2D eigenvalue weighted by molar-refractivity contribution is 0.914. The van der Waals surface area contributed by atoms with Gasteiger partial charge in [-0.25, -0.2) is 0 Å². The summed E-state index contributed by atoms with van der Waals surface area (Å²) < 4.78 is 0. The lowest BCUT2D eigenvalue weighted by atomic mass is 10.1. The smallest absolute Gasteiger partial charge is 0.154 e. The molecule has 1 aliphatic rings. The normalized spacial score (nSPS) is 16.8. The Hall–Kier alpha value is -0.540. The highest BCUT2D eigenvalue weighted by atomic mass is 35.5. The van der Waals surface area contributed by atoms with Crippen LogP contribution < -0.4 is 5.73 Å². The van der Waals surface area contributed by atoms with Gasteiger partial charge in [-0.2, -0.15) is 5.10 Å². The second kappa shape index (κ2) is 3.07. The highest BCUT2D eigenvalue weighted by molar-refractivity contribution is 6.30. The molecule has 66 valence electrons.